The molecule has 2 aromatic heterocycles. The van der Waals surface area contributed by atoms with Crippen LogP contribution in [0.5, 0.6) is 0 Å². The first-order valence-electron chi connectivity index (χ1n) is 9.72. The molecule has 0 bridgehead atoms. The molecule has 2 heterocycles. The van der Waals surface area contributed by atoms with E-state index >= 15 is 0 Å². The molecule has 8 nitrogen and oxygen atoms in total. The fraction of sp³-hybridized carbons (Fsp3) is 0.0909. The second kappa shape index (κ2) is 10.8. The smallest absolute Gasteiger partial charge is 0.424 e. The number of anilines is 1. The number of urea groups is 1. The van der Waals surface area contributed by atoms with Crippen molar-refractivity contribution in [1.82, 2.24) is 20.5 Å². The van der Waals surface area contributed by atoms with Crippen LogP contribution < -0.4 is 62.0 Å². The Morgan fingerprint density at radius 1 is 1.06 bits per heavy atom. The van der Waals surface area contributed by atoms with E-state index in [0.717, 1.165) is 0 Å². The predicted octanol–water partition coefficient (Wildman–Crippen LogP) is 2.38. The van der Waals surface area contributed by atoms with Crippen molar-refractivity contribution < 1.29 is 78.5 Å². The summed E-state index contributed by atoms with van der Waals surface area (Å²) in [7, 11) is 1.50. The topological polar surface area (TPSA) is 114 Å². The van der Waals surface area contributed by atoms with Crippen molar-refractivity contribution in [2.24, 2.45) is 0 Å². The van der Waals surface area contributed by atoms with E-state index in [1.807, 2.05) is 0 Å². The van der Waals surface area contributed by atoms with Crippen LogP contribution in [0.15, 0.2) is 54.7 Å². The van der Waals surface area contributed by atoms with Gasteiger partial charge in [-0.1, -0.05) is 24.3 Å². The Kier molecular flexibility index (Phi) is 8.28. The third-order valence-corrected chi connectivity index (χ3v) is 4.82. The minimum atomic E-state index is -4.70. The van der Waals surface area contributed by atoms with Crippen molar-refractivity contribution in [3.8, 4) is 11.3 Å². The maximum Gasteiger partial charge on any atom is 1.00 e. The monoisotopic (exact) mass is 510 g/mol. The van der Waals surface area contributed by atoms with Gasteiger partial charge in [0.05, 0.1) is 28.4 Å². The molecule has 0 radical (unpaired) electrons. The van der Waals surface area contributed by atoms with E-state index in [0.29, 0.717) is 46.1 Å². The minimum absolute atomic E-state index is 0. The number of aromatic nitrogens is 3. The minimum Gasteiger partial charge on any atom is -0.424 e. The van der Waals surface area contributed by atoms with Gasteiger partial charge in [0, 0.05) is 12.6 Å². The molecule has 4 rings (SSSR count). The van der Waals surface area contributed by atoms with Crippen LogP contribution in [0.2, 0.25) is 0 Å². The normalized spacial score (nSPS) is 11.0. The molecule has 3 N–H and O–H groups in total. The maximum absolute atomic E-state index is 13.8. The molecule has 0 aliphatic rings. The molecular weight excluding hydrogens is 495 g/mol. The molecule has 13 heteroatoms. The van der Waals surface area contributed by atoms with Gasteiger partial charge in [-0.2, -0.15) is 18.3 Å². The van der Waals surface area contributed by atoms with E-state index in [-0.39, 0.29) is 63.0 Å². The first-order chi connectivity index (χ1) is 16.2. The second-order valence-corrected chi connectivity index (χ2v) is 7.05. The van der Waals surface area contributed by atoms with Crippen molar-refractivity contribution in [3.63, 3.8) is 0 Å². The standard InChI is InChI=1S/C22H16F4N6O2.K/c1-27-20(33)14-9-17(30-19-15(14)10-28-32-19)11-2-5-13(6-3-11)29-21(34)31-18-8-12(22(24,25)26)4-7-16(18)23;/h2-10H,1H3,(H4,27,28,29,30,31,32,33,34);/q;+1/p-1. The molecule has 3 amide bonds. The Morgan fingerprint density at radius 2 is 1.77 bits per heavy atom. The summed E-state index contributed by atoms with van der Waals surface area (Å²) in [6.07, 6.45) is -3.21. The zero-order chi connectivity index (χ0) is 24.5. The summed E-state index contributed by atoms with van der Waals surface area (Å²) in [6, 6.07) is 8.39. The van der Waals surface area contributed by atoms with E-state index in [4.69, 9.17) is 0 Å². The number of carbonyl (C=O) groups excluding carboxylic acids is 2. The second-order valence-electron chi connectivity index (χ2n) is 7.05. The van der Waals surface area contributed by atoms with Gasteiger partial charge in [-0.25, -0.2) is 9.37 Å². The van der Waals surface area contributed by atoms with Crippen molar-refractivity contribution in [1.29, 1.82) is 0 Å². The molecule has 174 valence electrons. The number of carbonyl (C=O) groups is 2. The quantitative estimate of drug-likeness (QED) is 0.289. The van der Waals surface area contributed by atoms with E-state index in [2.05, 4.69) is 31.1 Å². The number of rotatable bonds is 4. The number of hydrogen-bond donors (Lipinski definition) is 3. The molecule has 2 aromatic carbocycles. The van der Waals surface area contributed by atoms with Crippen LogP contribution in [0.25, 0.3) is 27.6 Å². The number of hydrogen-bond acceptors (Lipinski definition) is 4. The summed E-state index contributed by atoms with van der Waals surface area (Å²) in [5.41, 5.74) is 0.264. The van der Waals surface area contributed by atoms with E-state index < -0.39 is 29.3 Å². The summed E-state index contributed by atoms with van der Waals surface area (Å²) in [6.45, 7) is 0. The van der Waals surface area contributed by atoms with Gasteiger partial charge < -0.3 is 16.0 Å². The van der Waals surface area contributed by atoms with Gasteiger partial charge in [0.1, 0.15) is 5.82 Å². The zero-order valence-electron chi connectivity index (χ0n) is 18.4. The van der Waals surface area contributed by atoms with Crippen LogP contribution in [0, 0.1) is 5.82 Å². The number of amides is 3. The van der Waals surface area contributed by atoms with Gasteiger partial charge in [-0.05, 0) is 35.6 Å². The van der Waals surface area contributed by atoms with Crippen molar-refractivity contribution >= 4 is 34.3 Å². The predicted molar refractivity (Wildman–Crippen MR) is 116 cm³/mol. The Balaban J connectivity index is 0.00000342. The average molecular weight is 510 g/mol. The molecule has 0 aliphatic heterocycles. The van der Waals surface area contributed by atoms with Gasteiger partial charge in [0.2, 0.25) is 0 Å². The van der Waals surface area contributed by atoms with Crippen LogP contribution in [-0.4, -0.2) is 34.2 Å². The summed E-state index contributed by atoms with van der Waals surface area (Å²) >= 11 is 0. The van der Waals surface area contributed by atoms with E-state index in [9.17, 15) is 27.2 Å². The average Bonchev–Trinajstić information content (AvgIpc) is 3.28. The molecule has 0 fully saturated rings. The maximum atomic E-state index is 13.8. The first kappa shape index (κ1) is 26.8. The van der Waals surface area contributed by atoms with Crippen LogP contribution in [-0.2, 0) is 6.18 Å². The Bertz CT molecular complexity index is 1390. The summed E-state index contributed by atoms with van der Waals surface area (Å²) in [5.74, 6) is -1.38. The molecule has 0 atom stereocenters. The zero-order valence-corrected chi connectivity index (χ0v) is 21.5. The first-order valence-corrected chi connectivity index (χ1v) is 9.72. The number of H-pyrrole nitrogens is 1. The summed E-state index contributed by atoms with van der Waals surface area (Å²) < 4.78 is 52.3. The van der Waals surface area contributed by atoms with Gasteiger partial charge in [-0.15, -0.1) is 0 Å². The summed E-state index contributed by atoms with van der Waals surface area (Å²) in [5, 5.41) is 15.5. The van der Waals surface area contributed by atoms with Crippen LogP contribution in [0.4, 0.5) is 33.7 Å². The van der Waals surface area contributed by atoms with E-state index in [1.54, 1.807) is 18.2 Å². The number of nitrogens with one attached hydrogen (secondary N) is 3. The fourth-order valence-corrected chi connectivity index (χ4v) is 3.16. The molecule has 0 spiro atoms. The van der Waals surface area contributed by atoms with Crippen LogP contribution in [0.3, 0.4) is 0 Å². The number of nitrogens with zero attached hydrogens (tertiary/aromatic N) is 3. The molecule has 0 saturated carbocycles. The van der Waals surface area contributed by atoms with Gasteiger partial charge >= 0.3 is 57.6 Å². The number of pyridine rings is 1. The number of alkyl halides is 3. The molecular formula is C22H15F4KN6O2. The van der Waals surface area contributed by atoms with Gasteiger partial charge in [0.25, 0.3) is 5.91 Å². The van der Waals surface area contributed by atoms with Crippen LogP contribution in [0.1, 0.15) is 15.9 Å². The Morgan fingerprint density at radius 3 is 2.43 bits per heavy atom. The Labute approximate surface area is 238 Å². The molecule has 4 aromatic rings. The van der Waals surface area contributed by atoms with Crippen molar-refractivity contribution in [2.75, 3.05) is 12.4 Å². The number of aromatic amines is 1. The number of fused-ring (bicyclic) bond motifs is 1. The Hall–Kier alpha value is -2.84. The SMILES string of the molecule is CNC(=O)c1cc(-c2ccc(NC(=O)[N-]c3cc(C(F)(F)F)ccc3F)cc2)nc2[nH]ncc12.[K+]. The largest absolute Gasteiger partial charge is 1.00 e. The summed E-state index contributed by atoms with van der Waals surface area (Å²) in [4.78, 5) is 28.8. The fourth-order valence-electron chi connectivity index (χ4n) is 3.16. The van der Waals surface area contributed by atoms with Gasteiger partial charge in [0.15, 0.2) is 11.7 Å². The van der Waals surface area contributed by atoms with E-state index in [1.165, 1.54) is 25.4 Å². The molecule has 0 unspecified atom stereocenters. The molecule has 35 heavy (non-hydrogen) atoms. The van der Waals surface area contributed by atoms with Gasteiger partial charge in [-0.3, -0.25) is 14.7 Å². The van der Waals surface area contributed by atoms with Crippen molar-refractivity contribution in [3.05, 3.63) is 77.0 Å². The van der Waals surface area contributed by atoms with Crippen LogP contribution >= 0.6 is 0 Å². The third-order valence-electron chi connectivity index (χ3n) is 4.82. The number of benzene rings is 2. The molecule has 0 aliphatic carbocycles. The van der Waals surface area contributed by atoms with Crippen molar-refractivity contribution in [2.45, 2.75) is 6.18 Å². The number of halogens is 4. The molecule has 0 saturated heterocycles. The third kappa shape index (κ3) is 6.05.